The molecule has 1 aromatic carbocycles. The van der Waals surface area contributed by atoms with Gasteiger partial charge in [0, 0.05) is 10.6 Å². The van der Waals surface area contributed by atoms with E-state index in [4.69, 9.17) is 22.5 Å². The largest absolute Gasteiger partial charge is 0.409 e. The highest BCUT2D eigenvalue weighted by Gasteiger charge is 2.25. The Labute approximate surface area is 106 Å². The zero-order valence-corrected chi connectivity index (χ0v) is 10.2. The molecule has 0 atom stereocenters. The van der Waals surface area contributed by atoms with Gasteiger partial charge in [0.25, 0.3) is 10.0 Å². The first-order valence-electron chi connectivity index (χ1n) is 4.35. The van der Waals surface area contributed by atoms with Crippen LogP contribution in [0.3, 0.4) is 0 Å². The second-order valence-corrected chi connectivity index (χ2v) is 5.17. The summed E-state index contributed by atoms with van der Waals surface area (Å²) < 4.78 is 48.1. The molecule has 1 rings (SSSR count). The molecule has 6 nitrogen and oxygen atoms in total. The van der Waals surface area contributed by atoms with Gasteiger partial charge in [0.15, 0.2) is 5.84 Å². The molecule has 0 aliphatic carbocycles. The molecule has 10 heteroatoms. The summed E-state index contributed by atoms with van der Waals surface area (Å²) in [7, 11) is -4.87. The van der Waals surface area contributed by atoms with E-state index in [1.807, 2.05) is 0 Å². The van der Waals surface area contributed by atoms with Crippen molar-refractivity contribution >= 4 is 33.1 Å². The Morgan fingerprint density at radius 2 is 2.11 bits per heavy atom. The van der Waals surface area contributed by atoms with Crippen molar-refractivity contribution in [2.45, 2.75) is 5.76 Å². The standard InChI is InChI=1S/C8H8ClF2N3O3S/c9-4-1-2-5(7(12)13-15)6(3-4)14-18(16,17)8(10)11/h1-3,8,14-15H,(H2,12,13). The Balaban J connectivity index is 3.27. The van der Waals surface area contributed by atoms with E-state index in [0.717, 1.165) is 6.07 Å². The molecule has 0 saturated carbocycles. The Morgan fingerprint density at radius 3 is 2.61 bits per heavy atom. The van der Waals surface area contributed by atoms with Crippen LogP contribution < -0.4 is 10.5 Å². The molecule has 0 heterocycles. The summed E-state index contributed by atoms with van der Waals surface area (Å²) >= 11 is 5.61. The number of benzene rings is 1. The zero-order chi connectivity index (χ0) is 13.9. The lowest BCUT2D eigenvalue weighted by Gasteiger charge is -2.11. The number of halogens is 3. The minimum absolute atomic E-state index is 0.0777. The maximum atomic E-state index is 12.2. The summed E-state index contributed by atoms with van der Waals surface area (Å²) in [6.07, 6.45) is 0. The Hall–Kier alpha value is -1.61. The van der Waals surface area contributed by atoms with Crippen LogP contribution in [0.1, 0.15) is 5.56 Å². The van der Waals surface area contributed by atoms with Gasteiger partial charge >= 0.3 is 5.76 Å². The van der Waals surface area contributed by atoms with Crippen LogP contribution in [0, 0.1) is 0 Å². The van der Waals surface area contributed by atoms with Crippen LogP contribution in [0.25, 0.3) is 0 Å². The number of alkyl halides is 2. The van der Waals surface area contributed by atoms with Crippen molar-refractivity contribution in [2.24, 2.45) is 10.9 Å². The first-order chi connectivity index (χ1) is 8.27. The van der Waals surface area contributed by atoms with Crippen molar-refractivity contribution in [3.8, 4) is 0 Å². The van der Waals surface area contributed by atoms with E-state index in [-0.39, 0.29) is 16.3 Å². The van der Waals surface area contributed by atoms with Crippen molar-refractivity contribution in [3.05, 3.63) is 28.8 Å². The highest BCUT2D eigenvalue weighted by atomic mass is 35.5. The fourth-order valence-corrected chi connectivity index (χ4v) is 1.81. The molecular weight excluding hydrogens is 292 g/mol. The number of hydrogen-bond acceptors (Lipinski definition) is 4. The smallest absolute Gasteiger partial charge is 0.355 e. The van der Waals surface area contributed by atoms with E-state index < -0.39 is 21.6 Å². The molecule has 0 spiro atoms. The molecule has 0 aliphatic rings. The van der Waals surface area contributed by atoms with Gasteiger partial charge in [-0.1, -0.05) is 16.8 Å². The molecule has 0 aliphatic heterocycles. The molecule has 0 bridgehead atoms. The molecule has 100 valence electrons. The van der Waals surface area contributed by atoms with E-state index in [1.54, 1.807) is 4.72 Å². The molecule has 0 radical (unpaired) electrons. The summed E-state index contributed by atoms with van der Waals surface area (Å²) in [5.41, 5.74) is 4.89. The summed E-state index contributed by atoms with van der Waals surface area (Å²) in [4.78, 5) is 0. The fourth-order valence-electron chi connectivity index (χ4n) is 1.08. The van der Waals surface area contributed by atoms with Gasteiger partial charge in [-0.2, -0.15) is 8.78 Å². The molecule has 0 fully saturated rings. The van der Waals surface area contributed by atoms with E-state index in [1.165, 1.54) is 12.1 Å². The van der Waals surface area contributed by atoms with Crippen LogP contribution >= 0.6 is 11.6 Å². The molecule has 0 saturated heterocycles. The topological polar surface area (TPSA) is 105 Å². The maximum Gasteiger partial charge on any atom is 0.355 e. The average molecular weight is 300 g/mol. The van der Waals surface area contributed by atoms with Crippen LogP contribution in [0.4, 0.5) is 14.5 Å². The monoisotopic (exact) mass is 299 g/mol. The highest BCUT2D eigenvalue weighted by Crippen LogP contribution is 2.23. The normalized spacial score (nSPS) is 12.8. The predicted molar refractivity (Wildman–Crippen MR) is 62.5 cm³/mol. The summed E-state index contributed by atoms with van der Waals surface area (Å²) in [5.74, 6) is -4.06. The number of nitrogens with two attached hydrogens (primary N) is 1. The fraction of sp³-hybridized carbons (Fsp3) is 0.125. The Bertz CT molecular complexity index is 577. The minimum Gasteiger partial charge on any atom is -0.409 e. The van der Waals surface area contributed by atoms with Crippen molar-refractivity contribution in [3.63, 3.8) is 0 Å². The van der Waals surface area contributed by atoms with Crippen LogP contribution in [0.15, 0.2) is 23.4 Å². The first kappa shape index (κ1) is 14.5. The van der Waals surface area contributed by atoms with Crippen molar-refractivity contribution in [1.82, 2.24) is 0 Å². The lowest BCUT2D eigenvalue weighted by Crippen LogP contribution is -2.23. The summed E-state index contributed by atoms with van der Waals surface area (Å²) in [5, 5.41) is 11.2. The SMILES string of the molecule is NC(=NO)c1ccc(Cl)cc1NS(=O)(=O)C(F)F. The molecule has 4 N–H and O–H groups in total. The van der Waals surface area contributed by atoms with Crippen LogP contribution in [-0.2, 0) is 10.0 Å². The quantitative estimate of drug-likeness (QED) is 0.338. The third-order valence-corrected chi connectivity index (χ3v) is 3.06. The average Bonchev–Trinajstić information content (AvgIpc) is 2.27. The van der Waals surface area contributed by atoms with Gasteiger partial charge in [-0.15, -0.1) is 0 Å². The Kier molecular flexibility index (Phi) is 4.30. The van der Waals surface area contributed by atoms with Crippen molar-refractivity contribution in [2.75, 3.05) is 4.72 Å². The van der Waals surface area contributed by atoms with E-state index >= 15 is 0 Å². The van der Waals surface area contributed by atoms with Gasteiger partial charge < -0.3 is 10.9 Å². The zero-order valence-electron chi connectivity index (χ0n) is 8.64. The van der Waals surface area contributed by atoms with E-state index in [9.17, 15) is 17.2 Å². The van der Waals surface area contributed by atoms with Crippen LogP contribution in [0.2, 0.25) is 5.02 Å². The van der Waals surface area contributed by atoms with Gasteiger partial charge in [-0.05, 0) is 18.2 Å². The molecule has 0 amide bonds. The van der Waals surface area contributed by atoms with Gasteiger partial charge in [0.1, 0.15) is 0 Å². The van der Waals surface area contributed by atoms with Crippen molar-refractivity contribution < 1.29 is 22.4 Å². The lowest BCUT2D eigenvalue weighted by molar-refractivity contribution is 0.236. The van der Waals surface area contributed by atoms with Gasteiger partial charge in [0.05, 0.1) is 5.69 Å². The number of amidine groups is 1. The van der Waals surface area contributed by atoms with Crippen molar-refractivity contribution in [1.29, 1.82) is 0 Å². The first-order valence-corrected chi connectivity index (χ1v) is 6.27. The van der Waals surface area contributed by atoms with Crippen LogP contribution in [-0.4, -0.2) is 25.2 Å². The maximum absolute atomic E-state index is 12.2. The highest BCUT2D eigenvalue weighted by molar-refractivity contribution is 7.93. The summed E-state index contributed by atoms with van der Waals surface area (Å²) in [6, 6.07) is 3.62. The lowest BCUT2D eigenvalue weighted by atomic mass is 10.1. The molecule has 0 aromatic heterocycles. The second-order valence-electron chi connectivity index (χ2n) is 3.08. The number of sulfonamides is 1. The number of rotatable bonds is 4. The predicted octanol–water partition coefficient (Wildman–Crippen LogP) is 1.40. The molecular formula is C8H8ClF2N3O3S. The minimum atomic E-state index is -4.87. The number of oxime groups is 1. The Morgan fingerprint density at radius 1 is 1.50 bits per heavy atom. The summed E-state index contributed by atoms with van der Waals surface area (Å²) in [6.45, 7) is 0. The van der Waals surface area contributed by atoms with E-state index in [2.05, 4.69) is 5.16 Å². The molecule has 0 unspecified atom stereocenters. The van der Waals surface area contributed by atoms with E-state index in [0.29, 0.717) is 0 Å². The number of anilines is 1. The molecule has 18 heavy (non-hydrogen) atoms. The van der Waals surface area contributed by atoms with Gasteiger partial charge in [0.2, 0.25) is 0 Å². The van der Waals surface area contributed by atoms with Gasteiger partial charge in [-0.25, -0.2) is 8.42 Å². The number of nitrogens with zero attached hydrogens (tertiary/aromatic N) is 1. The number of nitrogens with one attached hydrogen (secondary N) is 1. The van der Waals surface area contributed by atoms with Gasteiger partial charge in [-0.3, -0.25) is 4.72 Å². The third kappa shape index (κ3) is 3.20. The third-order valence-electron chi connectivity index (χ3n) is 1.85. The number of hydrogen-bond donors (Lipinski definition) is 3. The molecule has 1 aromatic rings. The second kappa shape index (κ2) is 5.36. The van der Waals surface area contributed by atoms with Crippen LogP contribution in [0.5, 0.6) is 0 Å².